The molecule has 1 aliphatic rings. The van der Waals surface area contributed by atoms with Crippen molar-refractivity contribution in [2.24, 2.45) is 0 Å². The predicted molar refractivity (Wildman–Crippen MR) is 46.5 cm³/mol. The highest BCUT2D eigenvalue weighted by Crippen LogP contribution is 2.33. The van der Waals surface area contributed by atoms with Crippen molar-refractivity contribution in [1.82, 2.24) is 0 Å². The number of benzene rings is 1. The second-order valence-electron chi connectivity index (χ2n) is 3.23. The Morgan fingerprint density at radius 3 is 3.17 bits per heavy atom. The minimum Gasteiger partial charge on any atom is -0.493 e. The maximum Gasteiger partial charge on any atom is 0.123 e. The van der Waals surface area contributed by atoms with Gasteiger partial charge in [0.1, 0.15) is 5.75 Å². The van der Waals surface area contributed by atoms with Gasteiger partial charge >= 0.3 is 0 Å². The first kappa shape index (κ1) is 7.62. The Kier molecular flexibility index (Phi) is 1.77. The van der Waals surface area contributed by atoms with Crippen molar-refractivity contribution in [3.8, 4) is 5.75 Å². The molecule has 12 heavy (non-hydrogen) atoms. The molecule has 2 nitrogen and oxygen atoms in total. The minimum atomic E-state index is 0.177. The van der Waals surface area contributed by atoms with Crippen LogP contribution in [0, 0.1) is 6.92 Å². The molecule has 0 unspecified atom stereocenters. The number of aliphatic hydroxyl groups is 1. The van der Waals surface area contributed by atoms with Gasteiger partial charge in [-0.05, 0) is 18.6 Å². The van der Waals surface area contributed by atoms with E-state index >= 15 is 0 Å². The number of rotatable bonds is 1. The first-order valence-corrected chi connectivity index (χ1v) is 4.15. The number of hydrogen-bond donors (Lipinski definition) is 1. The van der Waals surface area contributed by atoms with Crippen LogP contribution >= 0.6 is 0 Å². The highest BCUT2D eigenvalue weighted by Gasteiger charge is 2.22. The van der Waals surface area contributed by atoms with Gasteiger partial charge in [-0.1, -0.05) is 12.1 Å². The van der Waals surface area contributed by atoms with Gasteiger partial charge in [0.25, 0.3) is 0 Å². The van der Waals surface area contributed by atoms with Crippen LogP contribution < -0.4 is 4.74 Å². The van der Waals surface area contributed by atoms with Gasteiger partial charge in [0, 0.05) is 11.5 Å². The molecule has 0 aromatic heterocycles. The molecule has 0 saturated heterocycles. The molecule has 0 aliphatic carbocycles. The van der Waals surface area contributed by atoms with E-state index in [-0.39, 0.29) is 12.5 Å². The molecule has 1 aromatic carbocycles. The van der Waals surface area contributed by atoms with Crippen molar-refractivity contribution < 1.29 is 9.84 Å². The monoisotopic (exact) mass is 164 g/mol. The van der Waals surface area contributed by atoms with E-state index in [1.165, 1.54) is 5.56 Å². The van der Waals surface area contributed by atoms with Gasteiger partial charge in [0.2, 0.25) is 0 Å². The zero-order valence-electron chi connectivity index (χ0n) is 7.08. The number of aliphatic hydroxyl groups excluding tert-OH is 1. The Bertz CT molecular complexity index is 294. The maximum atomic E-state index is 9.00. The zero-order chi connectivity index (χ0) is 8.55. The Morgan fingerprint density at radius 1 is 1.58 bits per heavy atom. The van der Waals surface area contributed by atoms with Crippen LogP contribution in [0.2, 0.25) is 0 Å². The van der Waals surface area contributed by atoms with Crippen LogP contribution in [-0.4, -0.2) is 18.3 Å². The van der Waals surface area contributed by atoms with Gasteiger partial charge in [0.05, 0.1) is 13.2 Å². The lowest BCUT2D eigenvalue weighted by molar-refractivity contribution is 0.232. The maximum absolute atomic E-state index is 9.00. The van der Waals surface area contributed by atoms with Crippen molar-refractivity contribution in [3.63, 3.8) is 0 Å². The smallest absolute Gasteiger partial charge is 0.123 e. The summed E-state index contributed by atoms with van der Waals surface area (Å²) in [4.78, 5) is 0. The SMILES string of the molecule is Cc1ccc2c(c1)OC[C@@H]2CO. The van der Waals surface area contributed by atoms with E-state index in [2.05, 4.69) is 6.07 Å². The van der Waals surface area contributed by atoms with E-state index < -0.39 is 0 Å². The Labute approximate surface area is 71.8 Å². The van der Waals surface area contributed by atoms with Gasteiger partial charge in [-0.2, -0.15) is 0 Å². The molecule has 64 valence electrons. The van der Waals surface area contributed by atoms with Crippen molar-refractivity contribution in [3.05, 3.63) is 29.3 Å². The van der Waals surface area contributed by atoms with Gasteiger partial charge in [0.15, 0.2) is 0 Å². The molecular formula is C10H12O2. The van der Waals surface area contributed by atoms with Gasteiger partial charge in [-0.15, -0.1) is 0 Å². The minimum absolute atomic E-state index is 0.177. The van der Waals surface area contributed by atoms with Crippen molar-refractivity contribution in [2.45, 2.75) is 12.8 Å². The molecule has 2 rings (SSSR count). The molecule has 0 radical (unpaired) electrons. The van der Waals surface area contributed by atoms with E-state index in [1.807, 2.05) is 19.1 Å². The summed E-state index contributed by atoms with van der Waals surface area (Å²) >= 11 is 0. The van der Waals surface area contributed by atoms with Crippen LogP contribution in [-0.2, 0) is 0 Å². The van der Waals surface area contributed by atoms with Crippen LogP contribution in [0.25, 0.3) is 0 Å². The first-order valence-electron chi connectivity index (χ1n) is 4.15. The average Bonchev–Trinajstić information content (AvgIpc) is 2.46. The third kappa shape index (κ3) is 1.08. The summed E-state index contributed by atoms with van der Waals surface area (Å²) in [5.41, 5.74) is 2.34. The second kappa shape index (κ2) is 2.79. The number of hydrogen-bond acceptors (Lipinski definition) is 2. The summed E-state index contributed by atoms with van der Waals surface area (Å²) < 4.78 is 5.42. The van der Waals surface area contributed by atoms with E-state index in [0.717, 1.165) is 11.3 Å². The molecule has 2 heteroatoms. The third-order valence-corrected chi connectivity index (χ3v) is 2.27. The fourth-order valence-corrected chi connectivity index (χ4v) is 1.54. The lowest BCUT2D eigenvalue weighted by atomic mass is 10.0. The molecule has 1 N–H and O–H groups in total. The molecule has 1 atom stereocenters. The van der Waals surface area contributed by atoms with E-state index in [0.29, 0.717) is 6.61 Å². The lowest BCUT2D eigenvalue weighted by Gasteiger charge is -2.02. The van der Waals surface area contributed by atoms with E-state index in [9.17, 15) is 0 Å². The standard InChI is InChI=1S/C10H12O2/c1-7-2-3-9-8(5-11)6-12-10(9)4-7/h2-4,8,11H,5-6H2,1H3/t8-/m0/s1. The molecule has 0 saturated carbocycles. The topological polar surface area (TPSA) is 29.5 Å². The normalized spacial score (nSPS) is 20.3. The van der Waals surface area contributed by atoms with Crippen LogP contribution in [0.3, 0.4) is 0 Å². The molecule has 0 spiro atoms. The van der Waals surface area contributed by atoms with E-state index in [4.69, 9.17) is 9.84 Å². The van der Waals surface area contributed by atoms with Gasteiger partial charge < -0.3 is 9.84 Å². The molecular weight excluding hydrogens is 152 g/mol. The molecule has 1 heterocycles. The molecule has 0 fully saturated rings. The summed E-state index contributed by atoms with van der Waals surface area (Å²) in [6.07, 6.45) is 0. The molecule has 0 amide bonds. The average molecular weight is 164 g/mol. The number of fused-ring (bicyclic) bond motifs is 1. The summed E-state index contributed by atoms with van der Waals surface area (Å²) in [6, 6.07) is 6.11. The Hall–Kier alpha value is -1.02. The second-order valence-corrected chi connectivity index (χ2v) is 3.23. The van der Waals surface area contributed by atoms with Crippen LogP contribution in [0.4, 0.5) is 0 Å². The number of aryl methyl sites for hydroxylation is 1. The first-order chi connectivity index (χ1) is 5.81. The highest BCUT2D eigenvalue weighted by molar-refractivity contribution is 5.42. The predicted octanol–water partition coefficient (Wildman–Crippen LogP) is 1.46. The van der Waals surface area contributed by atoms with Crippen LogP contribution in [0.1, 0.15) is 17.0 Å². The van der Waals surface area contributed by atoms with Crippen molar-refractivity contribution in [2.75, 3.05) is 13.2 Å². The lowest BCUT2D eigenvalue weighted by Crippen LogP contribution is -2.04. The molecule has 1 aliphatic heterocycles. The van der Waals surface area contributed by atoms with E-state index in [1.54, 1.807) is 0 Å². The zero-order valence-corrected chi connectivity index (χ0v) is 7.08. The molecule has 0 bridgehead atoms. The van der Waals surface area contributed by atoms with Crippen LogP contribution in [0.5, 0.6) is 5.75 Å². The fraction of sp³-hybridized carbons (Fsp3) is 0.400. The Morgan fingerprint density at radius 2 is 2.42 bits per heavy atom. The summed E-state index contributed by atoms with van der Waals surface area (Å²) in [6.45, 7) is 2.83. The quantitative estimate of drug-likeness (QED) is 0.681. The largest absolute Gasteiger partial charge is 0.493 e. The summed E-state index contributed by atoms with van der Waals surface area (Å²) in [5, 5.41) is 9.00. The number of ether oxygens (including phenoxy) is 1. The van der Waals surface area contributed by atoms with Crippen molar-refractivity contribution >= 4 is 0 Å². The van der Waals surface area contributed by atoms with Gasteiger partial charge in [-0.25, -0.2) is 0 Å². The summed E-state index contributed by atoms with van der Waals surface area (Å²) in [5.74, 6) is 1.12. The molecule has 1 aromatic rings. The van der Waals surface area contributed by atoms with Crippen LogP contribution in [0.15, 0.2) is 18.2 Å². The van der Waals surface area contributed by atoms with Gasteiger partial charge in [-0.3, -0.25) is 0 Å². The summed E-state index contributed by atoms with van der Waals surface area (Å²) in [7, 11) is 0. The fourth-order valence-electron chi connectivity index (χ4n) is 1.54. The highest BCUT2D eigenvalue weighted by atomic mass is 16.5. The Balaban J connectivity index is 2.40. The van der Waals surface area contributed by atoms with Crippen molar-refractivity contribution in [1.29, 1.82) is 0 Å². The third-order valence-electron chi connectivity index (χ3n) is 2.27.